The zero-order chi connectivity index (χ0) is 14.7. The van der Waals surface area contributed by atoms with Crippen molar-refractivity contribution in [2.45, 2.75) is 78.4 Å². The van der Waals surface area contributed by atoms with Gasteiger partial charge in [0.2, 0.25) is 0 Å². The number of unbranched alkanes of at least 4 members (excludes halogenated alkanes) is 3. The summed E-state index contributed by atoms with van der Waals surface area (Å²) in [7, 11) is 0. The number of rotatable bonds is 9. The Morgan fingerprint density at radius 3 is 2.37 bits per heavy atom. The van der Waals surface area contributed by atoms with Gasteiger partial charge in [0, 0.05) is 12.6 Å². The number of carbonyl (C=O) groups excluding carboxylic acids is 1. The molecule has 0 aromatic carbocycles. The van der Waals surface area contributed by atoms with E-state index in [0.717, 1.165) is 19.5 Å². The predicted molar refractivity (Wildman–Crippen MR) is 80.5 cm³/mol. The SMILES string of the molecule is CCCCCCNCC(CC)NC(=O)OC(C)(C)C. The van der Waals surface area contributed by atoms with E-state index in [4.69, 9.17) is 4.74 Å². The van der Waals surface area contributed by atoms with Crippen molar-refractivity contribution in [2.24, 2.45) is 0 Å². The van der Waals surface area contributed by atoms with Gasteiger partial charge in [-0.25, -0.2) is 4.79 Å². The lowest BCUT2D eigenvalue weighted by Gasteiger charge is -2.23. The molecule has 0 bridgehead atoms. The zero-order valence-electron chi connectivity index (χ0n) is 13.3. The highest BCUT2D eigenvalue weighted by molar-refractivity contribution is 5.68. The summed E-state index contributed by atoms with van der Waals surface area (Å²) in [6.07, 6.45) is 5.62. The molecule has 0 aromatic rings. The number of carbonyl (C=O) groups is 1. The normalized spacial score (nSPS) is 13.1. The molecule has 19 heavy (non-hydrogen) atoms. The summed E-state index contributed by atoms with van der Waals surface area (Å²) in [6, 6.07) is 0.140. The standard InChI is InChI=1S/C15H32N2O2/c1-6-8-9-10-11-16-12-13(7-2)17-14(18)19-15(3,4)5/h13,16H,6-12H2,1-5H3,(H,17,18). The van der Waals surface area contributed by atoms with Crippen LogP contribution in [0.25, 0.3) is 0 Å². The van der Waals surface area contributed by atoms with Crippen LogP contribution in [0.5, 0.6) is 0 Å². The van der Waals surface area contributed by atoms with Crippen molar-refractivity contribution in [3.63, 3.8) is 0 Å². The lowest BCUT2D eigenvalue weighted by molar-refractivity contribution is 0.0502. The first-order valence-corrected chi connectivity index (χ1v) is 7.59. The van der Waals surface area contributed by atoms with E-state index in [2.05, 4.69) is 24.5 Å². The average Bonchev–Trinajstić information content (AvgIpc) is 2.29. The van der Waals surface area contributed by atoms with Gasteiger partial charge >= 0.3 is 6.09 Å². The van der Waals surface area contributed by atoms with Crippen LogP contribution in [0.15, 0.2) is 0 Å². The maximum Gasteiger partial charge on any atom is 0.407 e. The Morgan fingerprint density at radius 1 is 1.16 bits per heavy atom. The van der Waals surface area contributed by atoms with Gasteiger partial charge in [0.05, 0.1) is 0 Å². The summed E-state index contributed by atoms with van der Waals surface area (Å²) in [5.41, 5.74) is -0.435. The van der Waals surface area contributed by atoms with Crippen LogP contribution in [0.3, 0.4) is 0 Å². The molecule has 0 fully saturated rings. The fourth-order valence-electron chi connectivity index (χ4n) is 1.72. The highest BCUT2D eigenvalue weighted by atomic mass is 16.6. The van der Waals surface area contributed by atoms with Gasteiger partial charge in [-0.05, 0) is 40.2 Å². The monoisotopic (exact) mass is 272 g/mol. The van der Waals surface area contributed by atoms with E-state index < -0.39 is 5.60 Å². The molecule has 0 saturated heterocycles. The summed E-state index contributed by atoms with van der Waals surface area (Å²) >= 11 is 0. The highest BCUT2D eigenvalue weighted by Crippen LogP contribution is 2.07. The van der Waals surface area contributed by atoms with Gasteiger partial charge in [-0.3, -0.25) is 0 Å². The lowest BCUT2D eigenvalue weighted by Crippen LogP contribution is -2.44. The second kappa shape index (κ2) is 10.1. The molecule has 0 aliphatic heterocycles. The van der Waals surface area contributed by atoms with Crippen LogP contribution in [0, 0.1) is 0 Å². The zero-order valence-corrected chi connectivity index (χ0v) is 13.3. The third kappa shape index (κ3) is 12.0. The van der Waals surface area contributed by atoms with E-state index >= 15 is 0 Å². The molecule has 4 nitrogen and oxygen atoms in total. The van der Waals surface area contributed by atoms with Crippen LogP contribution < -0.4 is 10.6 Å². The molecule has 4 heteroatoms. The second-order valence-corrected chi connectivity index (χ2v) is 6.02. The van der Waals surface area contributed by atoms with E-state index in [1.807, 2.05) is 20.8 Å². The van der Waals surface area contributed by atoms with Gasteiger partial charge in [-0.1, -0.05) is 33.1 Å². The second-order valence-electron chi connectivity index (χ2n) is 6.02. The molecule has 0 saturated carbocycles. The first-order valence-electron chi connectivity index (χ1n) is 7.59. The van der Waals surface area contributed by atoms with Crippen LogP contribution in [0.2, 0.25) is 0 Å². The molecule has 114 valence electrons. The largest absolute Gasteiger partial charge is 0.444 e. The average molecular weight is 272 g/mol. The summed E-state index contributed by atoms with van der Waals surface area (Å²) in [4.78, 5) is 11.6. The summed E-state index contributed by atoms with van der Waals surface area (Å²) in [5, 5.41) is 6.29. The van der Waals surface area contributed by atoms with Crippen molar-refractivity contribution in [3.8, 4) is 0 Å². The topological polar surface area (TPSA) is 50.4 Å². The molecule has 0 heterocycles. The van der Waals surface area contributed by atoms with Gasteiger partial charge < -0.3 is 15.4 Å². The van der Waals surface area contributed by atoms with Gasteiger partial charge in [-0.2, -0.15) is 0 Å². The molecule has 1 unspecified atom stereocenters. The molecular weight excluding hydrogens is 240 g/mol. The predicted octanol–water partition coefficient (Wildman–Crippen LogP) is 3.46. The maximum atomic E-state index is 11.6. The van der Waals surface area contributed by atoms with Crippen LogP contribution in [0.4, 0.5) is 4.79 Å². The van der Waals surface area contributed by atoms with Crippen molar-refractivity contribution >= 4 is 6.09 Å². The van der Waals surface area contributed by atoms with Crippen molar-refractivity contribution in [2.75, 3.05) is 13.1 Å². The Bertz CT molecular complexity index is 237. The number of ether oxygens (including phenoxy) is 1. The fourth-order valence-corrected chi connectivity index (χ4v) is 1.72. The van der Waals surface area contributed by atoms with Crippen molar-refractivity contribution in [3.05, 3.63) is 0 Å². The van der Waals surface area contributed by atoms with Crippen LogP contribution in [0.1, 0.15) is 66.7 Å². The quantitative estimate of drug-likeness (QED) is 0.632. The molecule has 0 spiro atoms. The minimum atomic E-state index is -0.435. The van der Waals surface area contributed by atoms with E-state index in [1.165, 1.54) is 25.7 Å². The molecule has 0 rings (SSSR count). The number of amides is 1. The van der Waals surface area contributed by atoms with Gasteiger partial charge in [0.25, 0.3) is 0 Å². The number of hydrogen-bond acceptors (Lipinski definition) is 3. The van der Waals surface area contributed by atoms with Gasteiger partial charge in [0.1, 0.15) is 5.60 Å². The van der Waals surface area contributed by atoms with Gasteiger partial charge in [-0.15, -0.1) is 0 Å². The molecule has 0 aliphatic carbocycles. The Hall–Kier alpha value is -0.770. The van der Waals surface area contributed by atoms with Crippen LogP contribution >= 0.6 is 0 Å². The number of nitrogens with one attached hydrogen (secondary N) is 2. The molecule has 1 amide bonds. The van der Waals surface area contributed by atoms with E-state index in [0.29, 0.717) is 0 Å². The molecular formula is C15H32N2O2. The fraction of sp³-hybridized carbons (Fsp3) is 0.933. The Morgan fingerprint density at radius 2 is 1.84 bits per heavy atom. The molecule has 0 aliphatic rings. The summed E-state index contributed by atoms with van der Waals surface area (Å²) in [6.45, 7) is 11.7. The Labute approximate surface area is 118 Å². The third-order valence-electron chi connectivity index (χ3n) is 2.81. The molecule has 1 atom stereocenters. The maximum absolute atomic E-state index is 11.6. The third-order valence-corrected chi connectivity index (χ3v) is 2.81. The van der Waals surface area contributed by atoms with Crippen LogP contribution in [-0.4, -0.2) is 30.8 Å². The van der Waals surface area contributed by atoms with Gasteiger partial charge in [0.15, 0.2) is 0 Å². The van der Waals surface area contributed by atoms with E-state index in [9.17, 15) is 4.79 Å². The number of alkyl carbamates (subject to hydrolysis) is 1. The molecule has 0 aromatic heterocycles. The van der Waals surface area contributed by atoms with E-state index in [1.54, 1.807) is 0 Å². The first-order chi connectivity index (χ1) is 8.89. The first kappa shape index (κ1) is 18.2. The number of hydrogen-bond donors (Lipinski definition) is 2. The van der Waals surface area contributed by atoms with Crippen molar-refractivity contribution < 1.29 is 9.53 Å². The van der Waals surface area contributed by atoms with E-state index in [-0.39, 0.29) is 12.1 Å². The van der Waals surface area contributed by atoms with Crippen molar-refractivity contribution in [1.82, 2.24) is 10.6 Å². The highest BCUT2D eigenvalue weighted by Gasteiger charge is 2.18. The molecule has 2 N–H and O–H groups in total. The smallest absolute Gasteiger partial charge is 0.407 e. The Balaban J connectivity index is 3.73. The summed E-state index contributed by atoms with van der Waals surface area (Å²) in [5.74, 6) is 0. The minimum absolute atomic E-state index is 0.140. The minimum Gasteiger partial charge on any atom is -0.444 e. The summed E-state index contributed by atoms with van der Waals surface area (Å²) < 4.78 is 5.25. The van der Waals surface area contributed by atoms with Crippen molar-refractivity contribution in [1.29, 1.82) is 0 Å². The van der Waals surface area contributed by atoms with Crippen LogP contribution in [-0.2, 0) is 4.74 Å². The lowest BCUT2D eigenvalue weighted by atomic mass is 10.2. The molecule has 0 radical (unpaired) electrons. The Kier molecular flexibility index (Phi) is 9.66.